The molecular weight excluding hydrogens is 126 g/mol. The molecule has 0 radical (unpaired) electrons. The lowest BCUT2D eigenvalue weighted by molar-refractivity contribution is 0.229. The summed E-state index contributed by atoms with van der Waals surface area (Å²) < 4.78 is 0. The highest BCUT2D eigenvalue weighted by Crippen LogP contribution is 2.43. The van der Waals surface area contributed by atoms with Crippen LogP contribution in [0.25, 0.3) is 0 Å². The fraction of sp³-hybridized carbons (Fsp3) is 0.571. The molecule has 3 nitrogen and oxygen atoms in total. The van der Waals surface area contributed by atoms with Gasteiger partial charge in [0.05, 0.1) is 24.1 Å². The Balaban J connectivity index is 2.61. The highest BCUT2D eigenvalue weighted by atomic mass is 14.5. The van der Waals surface area contributed by atoms with Crippen molar-refractivity contribution >= 4 is 0 Å². The maximum atomic E-state index is 8.47. The normalized spacial score (nSPS) is 21.3. The third-order valence-electron chi connectivity index (χ3n) is 1.80. The highest BCUT2D eigenvalue weighted by molar-refractivity contribution is 5.22. The van der Waals surface area contributed by atoms with Gasteiger partial charge in [-0.2, -0.15) is 15.8 Å². The Labute approximate surface area is 59.1 Å². The van der Waals surface area contributed by atoms with Gasteiger partial charge in [-0.1, -0.05) is 0 Å². The summed E-state index contributed by atoms with van der Waals surface area (Å²) in [5.41, 5.74) is -0.833. The molecule has 1 saturated carbocycles. The van der Waals surface area contributed by atoms with Crippen LogP contribution >= 0.6 is 0 Å². The zero-order chi connectivity index (χ0) is 7.61. The molecule has 0 aliphatic heterocycles. The summed E-state index contributed by atoms with van der Waals surface area (Å²) in [6.07, 6.45) is 0.854. The van der Waals surface area contributed by atoms with E-state index in [1.54, 1.807) is 0 Å². The molecule has 0 spiro atoms. The van der Waals surface area contributed by atoms with Crippen molar-refractivity contribution in [1.29, 1.82) is 15.8 Å². The first kappa shape index (κ1) is 6.59. The molecule has 0 aromatic rings. The van der Waals surface area contributed by atoms with Crippen molar-refractivity contribution in [2.24, 2.45) is 11.3 Å². The molecule has 10 heavy (non-hydrogen) atoms. The average Bonchev–Trinajstić information content (AvgIpc) is 1.89. The fourth-order valence-corrected chi connectivity index (χ4v) is 1.08. The molecule has 0 bridgehead atoms. The summed E-state index contributed by atoms with van der Waals surface area (Å²) in [5.74, 6) is -0.0701. The van der Waals surface area contributed by atoms with Crippen LogP contribution in [0.15, 0.2) is 0 Å². The topological polar surface area (TPSA) is 71.4 Å². The Hall–Kier alpha value is -1.53. The first-order chi connectivity index (χ1) is 4.76. The third-order valence-corrected chi connectivity index (χ3v) is 1.80. The van der Waals surface area contributed by atoms with Crippen LogP contribution < -0.4 is 0 Å². The fourth-order valence-electron chi connectivity index (χ4n) is 1.08. The second-order valence-electron chi connectivity index (χ2n) is 2.54. The van der Waals surface area contributed by atoms with Crippen molar-refractivity contribution in [3.8, 4) is 18.2 Å². The lowest BCUT2D eigenvalue weighted by Crippen LogP contribution is -2.33. The van der Waals surface area contributed by atoms with E-state index in [1.807, 2.05) is 18.2 Å². The minimum atomic E-state index is -0.833. The lowest BCUT2D eigenvalue weighted by atomic mass is 9.64. The van der Waals surface area contributed by atoms with Crippen molar-refractivity contribution in [2.45, 2.75) is 12.8 Å². The predicted molar refractivity (Wildman–Crippen MR) is 32.0 cm³/mol. The van der Waals surface area contributed by atoms with Crippen molar-refractivity contribution < 1.29 is 0 Å². The summed E-state index contributed by atoms with van der Waals surface area (Å²) in [4.78, 5) is 0. The van der Waals surface area contributed by atoms with Crippen molar-refractivity contribution in [3.63, 3.8) is 0 Å². The summed E-state index contributed by atoms with van der Waals surface area (Å²) in [5, 5.41) is 25.3. The molecule has 0 aromatic heterocycles. The van der Waals surface area contributed by atoms with Gasteiger partial charge < -0.3 is 0 Å². The molecule has 3 heteroatoms. The van der Waals surface area contributed by atoms with E-state index in [2.05, 4.69) is 0 Å². The van der Waals surface area contributed by atoms with E-state index in [4.69, 9.17) is 15.8 Å². The van der Waals surface area contributed by atoms with Gasteiger partial charge in [-0.05, 0) is 12.8 Å². The molecule has 1 fully saturated rings. The van der Waals surface area contributed by atoms with E-state index in [1.165, 1.54) is 0 Å². The zero-order valence-electron chi connectivity index (χ0n) is 5.33. The van der Waals surface area contributed by atoms with Gasteiger partial charge in [0.2, 0.25) is 0 Å². The van der Waals surface area contributed by atoms with Crippen LogP contribution in [0.5, 0.6) is 0 Å². The van der Waals surface area contributed by atoms with Crippen LogP contribution in [0.4, 0.5) is 0 Å². The summed E-state index contributed by atoms with van der Waals surface area (Å²) >= 11 is 0. The smallest absolute Gasteiger partial charge is 0.146 e. The van der Waals surface area contributed by atoms with E-state index in [0.717, 1.165) is 0 Å². The molecule has 48 valence electrons. The predicted octanol–water partition coefficient (Wildman–Crippen LogP) is 0.954. The standard InChI is InChI=1S/C7H5N3/c8-3-6-1-7(2-6,4-9)5-10/h6H,1-2H2. The van der Waals surface area contributed by atoms with Crippen molar-refractivity contribution in [1.82, 2.24) is 0 Å². The summed E-state index contributed by atoms with van der Waals surface area (Å²) in [6.45, 7) is 0. The van der Waals surface area contributed by atoms with E-state index in [9.17, 15) is 0 Å². The second-order valence-corrected chi connectivity index (χ2v) is 2.54. The van der Waals surface area contributed by atoms with E-state index in [0.29, 0.717) is 12.8 Å². The van der Waals surface area contributed by atoms with Gasteiger partial charge in [0, 0.05) is 0 Å². The molecule has 0 amide bonds. The molecular formula is C7H5N3. The van der Waals surface area contributed by atoms with Crippen LogP contribution in [0.1, 0.15) is 12.8 Å². The molecule has 1 rings (SSSR count). The maximum absolute atomic E-state index is 8.47. The van der Waals surface area contributed by atoms with Crippen LogP contribution in [0, 0.1) is 45.3 Å². The molecule has 0 heterocycles. The van der Waals surface area contributed by atoms with E-state index in [-0.39, 0.29) is 5.92 Å². The molecule has 1 aliphatic carbocycles. The number of nitriles is 3. The minimum absolute atomic E-state index is 0.0701. The minimum Gasteiger partial charge on any atom is -0.198 e. The van der Waals surface area contributed by atoms with Gasteiger partial charge in [0.1, 0.15) is 5.41 Å². The molecule has 0 atom stereocenters. The van der Waals surface area contributed by atoms with E-state index >= 15 is 0 Å². The monoisotopic (exact) mass is 131 g/mol. The van der Waals surface area contributed by atoms with Crippen LogP contribution in [-0.2, 0) is 0 Å². The number of nitrogens with zero attached hydrogens (tertiary/aromatic N) is 3. The highest BCUT2D eigenvalue weighted by Gasteiger charge is 2.45. The average molecular weight is 131 g/mol. The maximum Gasteiger partial charge on any atom is 0.146 e. The molecule has 0 unspecified atom stereocenters. The van der Waals surface area contributed by atoms with Crippen molar-refractivity contribution in [3.05, 3.63) is 0 Å². The van der Waals surface area contributed by atoms with Crippen LogP contribution in [0.2, 0.25) is 0 Å². The quantitative estimate of drug-likeness (QED) is 0.491. The van der Waals surface area contributed by atoms with Crippen LogP contribution in [0.3, 0.4) is 0 Å². The van der Waals surface area contributed by atoms with Gasteiger partial charge >= 0.3 is 0 Å². The first-order valence-corrected chi connectivity index (χ1v) is 2.98. The Morgan fingerprint density at radius 3 is 1.90 bits per heavy atom. The lowest BCUT2D eigenvalue weighted by Gasteiger charge is -2.32. The van der Waals surface area contributed by atoms with Gasteiger partial charge in [-0.3, -0.25) is 0 Å². The van der Waals surface area contributed by atoms with Gasteiger partial charge in [-0.15, -0.1) is 0 Å². The Kier molecular flexibility index (Phi) is 1.32. The molecule has 1 aliphatic rings. The van der Waals surface area contributed by atoms with Gasteiger partial charge in [0.15, 0.2) is 0 Å². The first-order valence-electron chi connectivity index (χ1n) is 2.98. The SMILES string of the molecule is N#CC1CC(C#N)(C#N)C1. The summed E-state index contributed by atoms with van der Waals surface area (Å²) in [6, 6.07) is 5.86. The Bertz CT molecular complexity index is 238. The zero-order valence-corrected chi connectivity index (χ0v) is 5.33. The third kappa shape index (κ3) is 0.714. The second kappa shape index (κ2) is 2.01. The number of rotatable bonds is 0. The van der Waals surface area contributed by atoms with Gasteiger partial charge in [0.25, 0.3) is 0 Å². The summed E-state index contributed by atoms with van der Waals surface area (Å²) in [7, 11) is 0. The Morgan fingerprint density at radius 2 is 1.60 bits per heavy atom. The molecule has 0 saturated heterocycles. The van der Waals surface area contributed by atoms with Crippen LogP contribution in [-0.4, -0.2) is 0 Å². The largest absolute Gasteiger partial charge is 0.198 e. The molecule has 0 aromatic carbocycles. The number of hydrogen-bond acceptors (Lipinski definition) is 3. The molecule has 0 N–H and O–H groups in total. The van der Waals surface area contributed by atoms with E-state index < -0.39 is 5.41 Å². The number of hydrogen-bond donors (Lipinski definition) is 0. The van der Waals surface area contributed by atoms with Crippen molar-refractivity contribution in [2.75, 3.05) is 0 Å². The van der Waals surface area contributed by atoms with Gasteiger partial charge in [-0.25, -0.2) is 0 Å². The Morgan fingerprint density at radius 1 is 1.10 bits per heavy atom.